The first-order chi connectivity index (χ1) is 5.69. The summed E-state index contributed by atoms with van der Waals surface area (Å²) in [4.78, 5) is 0. The van der Waals surface area contributed by atoms with Gasteiger partial charge in [-0.05, 0) is 0 Å². The van der Waals surface area contributed by atoms with Crippen molar-refractivity contribution in [3.8, 4) is 11.5 Å². The zero-order chi connectivity index (χ0) is 9.14. The van der Waals surface area contributed by atoms with E-state index >= 15 is 0 Å². The lowest BCUT2D eigenvalue weighted by Crippen LogP contribution is -1.91. The Kier molecular flexibility index (Phi) is 2.76. The molecule has 0 heterocycles. The summed E-state index contributed by atoms with van der Waals surface area (Å²) < 4.78 is 22.5. The highest BCUT2D eigenvalue weighted by atomic mass is 35.5. The molecule has 0 radical (unpaired) electrons. The minimum Gasteiger partial charge on any atom is -0.495 e. The van der Waals surface area contributed by atoms with Gasteiger partial charge in [-0.25, -0.2) is 4.39 Å². The van der Waals surface area contributed by atoms with E-state index in [1.165, 1.54) is 20.3 Å². The van der Waals surface area contributed by atoms with Gasteiger partial charge in [-0.2, -0.15) is 0 Å². The van der Waals surface area contributed by atoms with Crippen molar-refractivity contribution in [1.82, 2.24) is 0 Å². The van der Waals surface area contributed by atoms with Crippen LogP contribution in [0.5, 0.6) is 11.5 Å². The van der Waals surface area contributed by atoms with Gasteiger partial charge in [0.05, 0.1) is 19.2 Å². The Morgan fingerprint density at radius 3 is 2.25 bits per heavy atom. The number of hydrogen-bond donors (Lipinski definition) is 0. The van der Waals surface area contributed by atoms with Crippen LogP contribution in [0.2, 0.25) is 5.02 Å². The third-order valence-corrected chi connectivity index (χ3v) is 1.72. The lowest BCUT2D eigenvalue weighted by molar-refractivity contribution is 0.374. The number of rotatable bonds is 2. The van der Waals surface area contributed by atoms with Gasteiger partial charge in [0, 0.05) is 12.1 Å². The van der Waals surface area contributed by atoms with Gasteiger partial charge < -0.3 is 9.47 Å². The standard InChI is InChI=1S/C8H8ClFO2/c1-11-7-4-8(12-2)6(10)3-5(7)9/h3-4H,1-2H3. The topological polar surface area (TPSA) is 18.5 Å². The van der Waals surface area contributed by atoms with Gasteiger partial charge in [0.1, 0.15) is 5.75 Å². The molecule has 0 bridgehead atoms. The Bertz CT molecular complexity index is 263. The maximum Gasteiger partial charge on any atom is 0.166 e. The molecular weight excluding hydrogens is 183 g/mol. The van der Waals surface area contributed by atoms with E-state index in [-0.39, 0.29) is 10.8 Å². The first-order valence-electron chi connectivity index (χ1n) is 3.26. The van der Waals surface area contributed by atoms with Crippen LogP contribution in [-0.2, 0) is 0 Å². The van der Waals surface area contributed by atoms with Gasteiger partial charge in [0.15, 0.2) is 11.6 Å². The largest absolute Gasteiger partial charge is 0.495 e. The summed E-state index contributed by atoms with van der Waals surface area (Å²) in [5.41, 5.74) is 0. The van der Waals surface area contributed by atoms with Crippen molar-refractivity contribution in [2.45, 2.75) is 0 Å². The molecule has 66 valence electrons. The molecule has 4 heteroatoms. The van der Waals surface area contributed by atoms with Crippen molar-refractivity contribution in [1.29, 1.82) is 0 Å². The second-order valence-electron chi connectivity index (χ2n) is 2.12. The van der Waals surface area contributed by atoms with E-state index in [1.54, 1.807) is 0 Å². The Morgan fingerprint density at radius 2 is 1.75 bits per heavy atom. The monoisotopic (exact) mass is 190 g/mol. The lowest BCUT2D eigenvalue weighted by Gasteiger charge is -2.06. The number of benzene rings is 1. The normalized spacial score (nSPS) is 9.67. The second kappa shape index (κ2) is 3.63. The van der Waals surface area contributed by atoms with Crippen molar-refractivity contribution in [3.63, 3.8) is 0 Å². The molecule has 0 aliphatic heterocycles. The quantitative estimate of drug-likeness (QED) is 0.714. The fraction of sp³-hybridized carbons (Fsp3) is 0.250. The Morgan fingerprint density at radius 1 is 1.17 bits per heavy atom. The summed E-state index contributed by atoms with van der Waals surface area (Å²) in [6, 6.07) is 2.55. The predicted octanol–water partition coefficient (Wildman–Crippen LogP) is 2.50. The van der Waals surface area contributed by atoms with Crippen LogP contribution in [0.4, 0.5) is 4.39 Å². The molecule has 0 amide bonds. The maximum atomic E-state index is 12.9. The van der Waals surface area contributed by atoms with Gasteiger partial charge in [-0.1, -0.05) is 11.6 Å². The molecule has 1 rings (SSSR count). The first-order valence-corrected chi connectivity index (χ1v) is 3.64. The zero-order valence-corrected chi connectivity index (χ0v) is 7.48. The number of halogens is 2. The highest BCUT2D eigenvalue weighted by molar-refractivity contribution is 6.32. The van der Waals surface area contributed by atoms with Crippen molar-refractivity contribution < 1.29 is 13.9 Å². The van der Waals surface area contributed by atoms with E-state index in [4.69, 9.17) is 21.1 Å². The summed E-state index contributed by atoms with van der Waals surface area (Å²) >= 11 is 5.64. The van der Waals surface area contributed by atoms with Crippen LogP contribution in [-0.4, -0.2) is 14.2 Å². The summed E-state index contributed by atoms with van der Waals surface area (Å²) in [7, 11) is 2.84. The third-order valence-electron chi connectivity index (χ3n) is 1.43. The van der Waals surface area contributed by atoms with Crippen LogP contribution < -0.4 is 9.47 Å². The van der Waals surface area contributed by atoms with E-state index in [1.807, 2.05) is 0 Å². The van der Waals surface area contributed by atoms with Crippen LogP contribution in [0.1, 0.15) is 0 Å². The molecule has 0 aromatic heterocycles. The smallest absolute Gasteiger partial charge is 0.166 e. The number of ether oxygens (including phenoxy) is 2. The molecule has 12 heavy (non-hydrogen) atoms. The average Bonchev–Trinajstić information content (AvgIpc) is 2.05. The lowest BCUT2D eigenvalue weighted by atomic mass is 10.3. The Balaban J connectivity index is 3.18. The van der Waals surface area contributed by atoms with Crippen LogP contribution >= 0.6 is 11.6 Å². The van der Waals surface area contributed by atoms with E-state index in [0.29, 0.717) is 5.75 Å². The fourth-order valence-electron chi connectivity index (χ4n) is 0.823. The van der Waals surface area contributed by atoms with Crippen molar-refractivity contribution in [2.24, 2.45) is 0 Å². The molecule has 0 aliphatic carbocycles. The van der Waals surface area contributed by atoms with E-state index in [0.717, 1.165) is 6.07 Å². The van der Waals surface area contributed by atoms with Gasteiger partial charge in [0.25, 0.3) is 0 Å². The molecular formula is C8H8ClFO2. The van der Waals surface area contributed by atoms with Gasteiger partial charge in [-0.15, -0.1) is 0 Å². The molecule has 0 saturated heterocycles. The van der Waals surface area contributed by atoms with Crippen molar-refractivity contribution >= 4 is 11.6 Å². The molecule has 0 saturated carbocycles. The summed E-state index contributed by atoms with van der Waals surface area (Å²) in [5, 5.41) is 0.232. The molecule has 0 spiro atoms. The van der Waals surface area contributed by atoms with E-state index in [9.17, 15) is 4.39 Å². The molecule has 1 aromatic rings. The summed E-state index contributed by atoms with van der Waals surface area (Å²) in [6.07, 6.45) is 0. The number of methoxy groups -OCH3 is 2. The zero-order valence-electron chi connectivity index (χ0n) is 6.73. The van der Waals surface area contributed by atoms with E-state index < -0.39 is 5.82 Å². The van der Waals surface area contributed by atoms with Crippen LogP contribution in [0.3, 0.4) is 0 Å². The minimum atomic E-state index is -0.497. The maximum absolute atomic E-state index is 12.9. The van der Waals surface area contributed by atoms with Gasteiger partial charge >= 0.3 is 0 Å². The Labute approximate surface area is 74.9 Å². The molecule has 1 aromatic carbocycles. The molecule has 0 atom stereocenters. The summed E-state index contributed by atoms with van der Waals surface area (Å²) in [5.74, 6) is 0.0227. The van der Waals surface area contributed by atoms with Crippen molar-refractivity contribution in [3.05, 3.63) is 23.0 Å². The van der Waals surface area contributed by atoms with Crippen LogP contribution in [0.15, 0.2) is 12.1 Å². The minimum absolute atomic E-state index is 0.122. The Hall–Kier alpha value is -0.960. The molecule has 0 N–H and O–H groups in total. The fourth-order valence-corrected chi connectivity index (χ4v) is 1.05. The molecule has 2 nitrogen and oxygen atoms in total. The third kappa shape index (κ3) is 1.61. The summed E-state index contributed by atoms with van der Waals surface area (Å²) in [6.45, 7) is 0. The van der Waals surface area contributed by atoms with E-state index in [2.05, 4.69) is 0 Å². The predicted molar refractivity (Wildman–Crippen MR) is 44.5 cm³/mol. The molecule has 0 unspecified atom stereocenters. The molecule has 0 fully saturated rings. The van der Waals surface area contributed by atoms with Gasteiger partial charge in [0.2, 0.25) is 0 Å². The highest BCUT2D eigenvalue weighted by Crippen LogP contribution is 2.31. The second-order valence-corrected chi connectivity index (χ2v) is 2.53. The average molecular weight is 191 g/mol. The molecule has 0 aliphatic rings. The SMILES string of the molecule is COc1cc(OC)c(Cl)cc1F. The van der Waals surface area contributed by atoms with Crippen molar-refractivity contribution in [2.75, 3.05) is 14.2 Å². The highest BCUT2D eigenvalue weighted by Gasteiger charge is 2.08. The van der Waals surface area contributed by atoms with Gasteiger partial charge in [-0.3, -0.25) is 0 Å². The number of hydrogen-bond acceptors (Lipinski definition) is 2. The first kappa shape index (κ1) is 9.13. The van der Waals surface area contributed by atoms with Crippen LogP contribution in [0.25, 0.3) is 0 Å². The van der Waals surface area contributed by atoms with Crippen LogP contribution in [0, 0.1) is 5.82 Å².